The number of hydrogen-bond donors (Lipinski definition) is 1. The standard InChI is InChI=1S/C26H26BrClN2O3/c1-5-32-24-12-19(14-29-20-8-6-16(2)18(4)10-20)11-22(27)26(24)33-15-25(31)30-21-9-7-17(3)23(28)13-21/h6-14H,5,15H2,1-4H3,(H,30,31). The molecule has 1 amide bonds. The zero-order valence-corrected chi connectivity index (χ0v) is 21.4. The molecule has 0 bridgehead atoms. The summed E-state index contributed by atoms with van der Waals surface area (Å²) in [5, 5.41) is 3.37. The molecule has 0 heterocycles. The highest BCUT2D eigenvalue weighted by molar-refractivity contribution is 9.10. The predicted octanol–water partition coefficient (Wildman–Crippen LogP) is 7.19. The third-order valence-corrected chi connectivity index (χ3v) is 5.98. The van der Waals surface area contributed by atoms with Crippen molar-refractivity contribution >= 4 is 51.0 Å². The van der Waals surface area contributed by atoms with E-state index < -0.39 is 0 Å². The number of nitrogens with one attached hydrogen (secondary N) is 1. The van der Waals surface area contributed by atoms with E-state index in [0.29, 0.717) is 33.3 Å². The van der Waals surface area contributed by atoms with Gasteiger partial charge in [0.2, 0.25) is 0 Å². The number of benzene rings is 3. The van der Waals surface area contributed by atoms with Crippen molar-refractivity contribution in [1.82, 2.24) is 0 Å². The van der Waals surface area contributed by atoms with Crippen molar-refractivity contribution in [3.05, 3.63) is 80.3 Å². The summed E-state index contributed by atoms with van der Waals surface area (Å²) >= 11 is 9.66. The van der Waals surface area contributed by atoms with Gasteiger partial charge in [0.1, 0.15) is 0 Å². The number of halogens is 2. The molecule has 33 heavy (non-hydrogen) atoms. The summed E-state index contributed by atoms with van der Waals surface area (Å²) in [7, 11) is 0. The number of rotatable bonds is 8. The molecule has 0 spiro atoms. The summed E-state index contributed by atoms with van der Waals surface area (Å²) in [4.78, 5) is 17.0. The fourth-order valence-electron chi connectivity index (χ4n) is 3.03. The number of carbonyl (C=O) groups excluding carboxylic acids is 1. The normalized spacial score (nSPS) is 11.0. The fraction of sp³-hybridized carbons (Fsp3) is 0.231. The van der Waals surface area contributed by atoms with E-state index in [4.69, 9.17) is 21.1 Å². The quantitative estimate of drug-likeness (QED) is 0.314. The third kappa shape index (κ3) is 6.83. The molecule has 0 aliphatic heterocycles. The molecule has 0 saturated carbocycles. The number of amides is 1. The maximum atomic E-state index is 12.4. The zero-order chi connectivity index (χ0) is 24.0. The monoisotopic (exact) mass is 528 g/mol. The molecule has 1 N–H and O–H groups in total. The second-order valence-corrected chi connectivity index (χ2v) is 8.85. The summed E-state index contributed by atoms with van der Waals surface area (Å²) in [5.41, 5.74) is 5.69. The molecular weight excluding hydrogens is 504 g/mol. The summed E-state index contributed by atoms with van der Waals surface area (Å²) in [6.45, 7) is 8.20. The Morgan fingerprint density at radius 3 is 2.48 bits per heavy atom. The number of nitrogens with zero attached hydrogens (tertiary/aromatic N) is 1. The molecular formula is C26H26BrClN2O3. The van der Waals surface area contributed by atoms with Crippen LogP contribution in [0.4, 0.5) is 11.4 Å². The maximum Gasteiger partial charge on any atom is 0.262 e. The molecule has 3 aromatic carbocycles. The summed E-state index contributed by atoms with van der Waals surface area (Å²) in [6, 6.07) is 15.1. The molecule has 0 aliphatic rings. The van der Waals surface area contributed by atoms with E-state index in [1.54, 1.807) is 18.3 Å². The molecule has 172 valence electrons. The molecule has 0 saturated heterocycles. The summed E-state index contributed by atoms with van der Waals surface area (Å²) in [5.74, 6) is 0.682. The van der Waals surface area contributed by atoms with E-state index in [1.807, 2.05) is 44.2 Å². The number of ether oxygens (including phenoxy) is 2. The zero-order valence-electron chi connectivity index (χ0n) is 19.0. The maximum absolute atomic E-state index is 12.4. The van der Waals surface area contributed by atoms with Crippen molar-refractivity contribution in [2.75, 3.05) is 18.5 Å². The van der Waals surface area contributed by atoms with Gasteiger partial charge in [0, 0.05) is 16.9 Å². The average molecular weight is 530 g/mol. The Bertz CT molecular complexity index is 1190. The van der Waals surface area contributed by atoms with Crippen molar-refractivity contribution in [2.24, 2.45) is 4.99 Å². The molecule has 0 unspecified atom stereocenters. The van der Waals surface area contributed by atoms with Crippen LogP contribution < -0.4 is 14.8 Å². The van der Waals surface area contributed by atoms with Gasteiger partial charge < -0.3 is 14.8 Å². The molecule has 3 rings (SSSR count). The number of carbonyl (C=O) groups is 1. The molecule has 0 fully saturated rings. The first-order chi connectivity index (χ1) is 15.8. The van der Waals surface area contributed by atoms with Gasteiger partial charge in [0.05, 0.1) is 16.8 Å². The van der Waals surface area contributed by atoms with E-state index >= 15 is 0 Å². The van der Waals surface area contributed by atoms with Gasteiger partial charge in [-0.1, -0.05) is 23.7 Å². The van der Waals surface area contributed by atoms with Crippen LogP contribution in [0.15, 0.2) is 58.0 Å². The number of hydrogen-bond acceptors (Lipinski definition) is 4. The van der Waals surface area contributed by atoms with Gasteiger partial charge in [-0.2, -0.15) is 0 Å². The SMILES string of the molecule is CCOc1cc(C=Nc2ccc(C)c(C)c2)cc(Br)c1OCC(=O)Nc1ccc(C)c(Cl)c1. The van der Waals surface area contributed by atoms with Gasteiger partial charge in [-0.3, -0.25) is 9.79 Å². The van der Waals surface area contributed by atoms with Crippen LogP contribution in [-0.4, -0.2) is 25.3 Å². The van der Waals surface area contributed by atoms with Crippen LogP contribution in [-0.2, 0) is 4.79 Å². The van der Waals surface area contributed by atoms with Gasteiger partial charge >= 0.3 is 0 Å². The van der Waals surface area contributed by atoms with Gasteiger partial charge in [-0.05, 0) is 102 Å². The first kappa shape index (κ1) is 24.8. The number of anilines is 1. The van der Waals surface area contributed by atoms with Crippen LogP contribution in [0.3, 0.4) is 0 Å². The minimum atomic E-state index is -0.301. The van der Waals surface area contributed by atoms with E-state index in [2.05, 4.69) is 46.2 Å². The average Bonchev–Trinajstić information content (AvgIpc) is 2.77. The van der Waals surface area contributed by atoms with Crippen LogP contribution in [0, 0.1) is 20.8 Å². The minimum Gasteiger partial charge on any atom is -0.490 e. The Kier molecular flexibility index (Phi) is 8.53. The van der Waals surface area contributed by atoms with Crippen LogP contribution in [0.2, 0.25) is 5.02 Å². The van der Waals surface area contributed by atoms with E-state index in [0.717, 1.165) is 16.8 Å². The number of aliphatic imine (C=N–C) groups is 1. The predicted molar refractivity (Wildman–Crippen MR) is 139 cm³/mol. The Balaban J connectivity index is 1.73. The van der Waals surface area contributed by atoms with Crippen molar-refractivity contribution in [2.45, 2.75) is 27.7 Å². The Morgan fingerprint density at radius 1 is 1.03 bits per heavy atom. The van der Waals surface area contributed by atoms with Crippen molar-refractivity contribution in [3.63, 3.8) is 0 Å². The molecule has 3 aromatic rings. The highest BCUT2D eigenvalue weighted by Crippen LogP contribution is 2.37. The van der Waals surface area contributed by atoms with Gasteiger partial charge in [0.15, 0.2) is 18.1 Å². The van der Waals surface area contributed by atoms with E-state index in [-0.39, 0.29) is 12.5 Å². The van der Waals surface area contributed by atoms with Crippen LogP contribution in [0.25, 0.3) is 0 Å². The Morgan fingerprint density at radius 2 is 1.79 bits per heavy atom. The Labute approximate surface area is 207 Å². The largest absolute Gasteiger partial charge is 0.490 e. The highest BCUT2D eigenvalue weighted by atomic mass is 79.9. The number of aryl methyl sites for hydroxylation is 3. The second kappa shape index (κ2) is 11.3. The van der Waals surface area contributed by atoms with Crippen LogP contribution in [0.5, 0.6) is 11.5 Å². The summed E-state index contributed by atoms with van der Waals surface area (Å²) in [6.07, 6.45) is 1.77. The molecule has 0 aliphatic carbocycles. The lowest BCUT2D eigenvalue weighted by molar-refractivity contribution is -0.118. The molecule has 0 aromatic heterocycles. The molecule has 5 nitrogen and oxygen atoms in total. The lowest BCUT2D eigenvalue weighted by atomic mass is 10.1. The van der Waals surface area contributed by atoms with Crippen molar-refractivity contribution in [3.8, 4) is 11.5 Å². The van der Waals surface area contributed by atoms with Gasteiger partial charge in [-0.25, -0.2) is 0 Å². The van der Waals surface area contributed by atoms with Crippen molar-refractivity contribution < 1.29 is 14.3 Å². The van der Waals surface area contributed by atoms with Crippen LogP contribution >= 0.6 is 27.5 Å². The van der Waals surface area contributed by atoms with Crippen LogP contribution in [0.1, 0.15) is 29.2 Å². The minimum absolute atomic E-state index is 0.180. The first-order valence-corrected chi connectivity index (χ1v) is 11.7. The van der Waals surface area contributed by atoms with E-state index in [1.165, 1.54) is 11.1 Å². The van der Waals surface area contributed by atoms with E-state index in [9.17, 15) is 4.79 Å². The fourth-order valence-corrected chi connectivity index (χ4v) is 3.78. The Hall–Kier alpha value is -2.83. The highest BCUT2D eigenvalue weighted by Gasteiger charge is 2.14. The topological polar surface area (TPSA) is 59.9 Å². The third-order valence-electron chi connectivity index (χ3n) is 4.99. The van der Waals surface area contributed by atoms with Gasteiger partial charge in [0.25, 0.3) is 5.91 Å². The van der Waals surface area contributed by atoms with Crippen molar-refractivity contribution in [1.29, 1.82) is 0 Å². The molecule has 0 radical (unpaired) electrons. The molecule has 0 atom stereocenters. The lowest BCUT2D eigenvalue weighted by Crippen LogP contribution is -2.20. The second-order valence-electron chi connectivity index (χ2n) is 7.59. The lowest BCUT2D eigenvalue weighted by Gasteiger charge is -2.15. The van der Waals surface area contributed by atoms with Gasteiger partial charge in [-0.15, -0.1) is 0 Å². The summed E-state index contributed by atoms with van der Waals surface area (Å²) < 4.78 is 12.2. The molecule has 7 heteroatoms. The first-order valence-electron chi connectivity index (χ1n) is 10.5. The smallest absolute Gasteiger partial charge is 0.262 e.